The molecule has 5 N–H and O–H groups in total. The zero-order chi connectivity index (χ0) is 16.4. The van der Waals surface area contributed by atoms with Gasteiger partial charge in [-0.25, -0.2) is 0 Å². The van der Waals surface area contributed by atoms with E-state index in [1.54, 1.807) is 0 Å². The fraction of sp³-hybridized carbons (Fsp3) is 0.636. The molecule has 11 heteroatoms. The van der Waals surface area contributed by atoms with E-state index in [0.717, 1.165) is 0 Å². The van der Waals surface area contributed by atoms with Crippen molar-refractivity contribution in [2.75, 3.05) is 19.4 Å². The number of rotatable bonds is 9. The third-order valence-corrected chi connectivity index (χ3v) is 2.80. The van der Waals surface area contributed by atoms with Gasteiger partial charge in [0, 0.05) is 12.2 Å². The topological polar surface area (TPSA) is 148 Å². The zero-order valence-electron chi connectivity index (χ0n) is 11.9. The van der Waals surface area contributed by atoms with Gasteiger partial charge in [0.15, 0.2) is 0 Å². The van der Waals surface area contributed by atoms with Gasteiger partial charge in [-0.1, -0.05) is 0 Å². The number of nitrogens with one attached hydrogen (secondary N) is 2. The van der Waals surface area contributed by atoms with Gasteiger partial charge >= 0.3 is 11.9 Å². The number of methoxy groups -OCH3 is 1. The van der Waals surface area contributed by atoms with Gasteiger partial charge in [-0.05, 0) is 6.42 Å². The Bertz CT molecular complexity index is 409. The Morgan fingerprint density at radius 1 is 1.32 bits per heavy atom. The maximum Gasteiger partial charge on any atom is 0.322 e. The second kappa shape index (κ2) is 12.1. The molecule has 0 heterocycles. The quantitative estimate of drug-likeness (QED) is 0.244. The van der Waals surface area contributed by atoms with Crippen LogP contribution in [0.1, 0.15) is 12.8 Å². The number of carboxylic acids is 1. The second-order valence-corrected chi connectivity index (χ2v) is 4.45. The normalized spacial score (nSPS) is 12.3. The Morgan fingerprint density at radius 3 is 2.36 bits per heavy atom. The van der Waals surface area contributed by atoms with E-state index in [9.17, 15) is 19.2 Å². The van der Waals surface area contributed by atoms with Crippen molar-refractivity contribution in [3.8, 4) is 0 Å². The first-order valence-corrected chi connectivity index (χ1v) is 6.68. The summed E-state index contributed by atoms with van der Waals surface area (Å²) in [7, 11) is 1.19. The first kappa shape index (κ1) is 22.8. The van der Waals surface area contributed by atoms with Gasteiger partial charge in [0.2, 0.25) is 11.8 Å². The number of thiol groups is 1. The smallest absolute Gasteiger partial charge is 0.322 e. The predicted molar refractivity (Wildman–Crippen MR) is 82.9 cm³/mol. The molecule has 22 heavy (non-hydrogen) atoms. The summed E-state index contributed by atoms with van der Waals surface area (Å²) in [6, 6.07) is -1.88. The third kappa shape index (κ3) is 9.42. The summed E-state index contributed by atoms with van der Waals surface area (Å²) in [4.78, 5) is 44.6. The predicted octanol–water partition coefficient (Wildman–Crippen LogP) is -1.70. The van der Waals surface area contributed by atoms with Crippen LogP contribution < -0.4 is 16.4 Å². The van der Waals surface area contributed by atoms with Gasteiger partial charge in [-0.15, -0.1) is 12.4 Å². The number of ether oxygens (including phenoxy) is 1. The van der Waals surface area contributed by atoms with Crippen molar-refractivity contribution >= 4 is 48.8 Å². The van der Waals surface area contributed by atoms with Crippen molar-refractivity contribution in [3.05, 3.63) is 0 Å². The summed E-state index contributed by atoms with van der Waals surface area (Å²) in [5.74, 6) is -2.98. The van der Waals surface area contributed by atoms with Crippen LogP contribution in [0.5, 0.6) is 0 Å². The first-order valence-electron chi connectivity index (χ1n) is 6.05. The van der Waals surface area contributed by atoms with Crippen LogP contribution >= 0.6 is 25.0 Å². The van der Waals surface area contributed by atoms with Crippen LogP contribution in [0.25, 0.3) is 0 Å². The third-order valence-electron chi connectivity index (χ3n) is 2.43. The summed E-state index contributed by atoms with van der Waals surface area (Å²) in [5, 5.41) is 12.9. The highest BCUT2D eigenvalue weighted by Crippen LogP contribution is 1.98. The lowest BCUT2D eigenvalue weighted by Crippen LogP contribution is -2.49. The lowest BCUT2D eigenvalue weighted by molar-refractivity contribution is -0.142. The molecule has 0 aromatic heterocycles. The van der Waals surface area contributed by atoms with E-state index in [0.29, 0.717) is 0 Å². The first-order chi connectivity index (χ1) is 9.81. The molecule has 0 aliphatic rings. The Hall–Kier alpha value is -1.52. The molecular weight excluding hydrogens is 338 g/mol. The lowest BCUT2D eigenvalue weighted by Gasteiger charge is -2.16. The minimum atomic E-state index is -1.20. The molecular formula is C11H20ClN3O6S. The van der Waals surface area contributed by atoms with Gasteiger partial charge in [0.25, 0.3) is 0 Å². The van der Waals surface area contributed by atoms with Crippen molar-refractivity contribution < 1.29 is 29.0 Å². The molecule has 0 spiro atoms. The van der Waals surface area contributed by atoms with Crippen LogP contribution in [0.3, 0.4) is 0 Å². The zero-order valence-corrected chi connectivity index (χ0v) is 13.6. The maximum absolute atomic E-state index is 11.6. The van der Waals surface area contributed by atoms with Gasteiger partial charge in [0.05, 0.1) is 7.11 Å². The highest BCUT2D eigenvalue weighted by atomic mass is 35.5. The summed E-state index contributed by atoms with van der Waals surface area (Å²) in [6.07, 6.45) is -0.0126. The van der Waals surface area contributed by atoms with E-state index in [1.165, 1.54) is 7.11 Å². The molecule has 0 aromatic carbocycles. The van der Waals surface area contributed by atoms with E-state index in [4.69, 9.17) is 10.8 Å². The van der Waals surface area contributed by atoms with Gasteiger partial charge < -0.3 is 26.2 Å². The molecule has 0 bridgehead atoms. The van der Waals surface area contributed by atoms with Crippen LogP contribution in [0.2, 0.25) is 0 Å². The molecule has 2 amide bonds. The molecule has 0 saturated heterocycles. The monoisotopic (exact) mass is 357 g/mol. The molecule has 2 atom stereocenters. The van der Waals surface area contributed by atoms with E-state index >= 15 is 0 Å². The van der Waals surface area contributed by atoms with Crippen molar-refractivity contribution in [2.45, 2.75) is 24.9 Å². The molecule has 9 nitrogen and oxygen atoms in total. The number of hydrogen-bond donors (Lipinski definition) is 5. The average Bonchev–Trinajstić information content (AvgIpc) is 2.46. The molecule has 2 unspecified atom stereocenters. The number of amides is 2. The number of esters is 1. The van der Waals surface area contributed by atoms with Crippen LogP contribution in [0.4, 0.5) is 0 Å². The highest BCUT2D eigenvalue weighted by Gasteiger charge is 2.21. The highest BCUT2D eigenvalue weighted by molar-refractivity contribution is 7.80. The van der Waals surface area contributed by atoms with E-state index in [2.05, 4.69) is 28.0 Å². The molecule has 0 radical (unpaired) electrons. The van der Waals surface area contributed by atoms with Crippen molar-refractivity contribution in [1.82, 2.24) is 10.6 Å². The SMILES string of the molecule is COC(=O)C(N)CCC(=O)NC(CS)C(=O)NCC(=O)O.Cl. The largest absolute Gasteiger partial charge is 0.480 e. The van der Waals surface area contributed by atoms with Crippen molar-refractivity contribution in [1.29, 1.82) is 0 Å². The number of nitrogens with two attached hydrogens (primary N) is 1. The second-order valence-electron chi connectivity index (χ2n) is 4.08. The van der Waals surface area contributed by atoms with E-state index < -0.39 is 42.4 Å². The van der Waals surface area contributed by atoms with Gasteiger partial charge in [-0.2, -0.15) is 12.6 Å². The average molecular weight is 358 g/mol. The molecule has 0 aliphatic heterocycles. The number of carbonyl (C=O) groups excluding carboxylic acids is 3. The van der Waals surface area contributed by atoms with Gasteiger partial charge in [0.1, 0.15) is 18.6 Å². The maximum atomic E-state index is 11.6. The van der Waals surface area contributed by atoms with Crippen LogP contribution in [-0.2, 0) is 23.9 Å². The Morgan fingerprint density at radius 2 is 1.91 bits per heavy atom. The number of halogens is 1. The van der Waals surface area contributed by atoms with Crippen LogP contribution in [-0.4, -0.2) is 60.4 Å². The standard InChI is InChI=1S/C11H19N3O6S.ClH/c1-20-11(19)6(12)2-3-8(15)14-7(5-21)10(18)13-4-9(16)17;/h6-7,21H,2-5,12H2,1H3,(H,13,18)(H,14,15)(H,16,17);1H. The summed E-state index contributed by atoms with van der Waals surface area (Å²) >= 11 is 3.91. The Labute approximate surface area is 139 Å². The Balaban J connectivity index is 0. The lowest BCUT2D eigenvalue weighted by atomic mass is 10.1. The van der Waals surface area contributed by atoms with Gasteiger partial charge in [-0.3, -0.25) is 19.2 Å². The molecule has 0 rings (SSSR count). The van der Waals surface area contributed by atoms with Crippen molar-refractivity contribution in [3.63, 3.8) is 0 Å². The number of hydrogen-bond acceptors (Lipinski definition) is 7. The van der Waals surface area contributed by atoms with Crippen molar-refractivity contribution in [2.24, 2.45) is 5.73 Å². The summed E-state index contributed by atoms with van der Waals surface area (Å²) in [6.45, 7) is -0.549. The molecule has 0 fully saturated rings. The minimum Gasteiger partial charge on any atom is -0.480 e. The Kier molecular flexibility index (Phi) is 12.5. The number of carboxylic acid groups (broad SMARTS) is 1. The molecule has 0 aliphatic carbocycles. The van der Waals surface area contributed by atoms with Crippen LogP contribution in [0, 0.1) is 0 Å². The molecule has 128 valence electrons. The summed E-state index contributed by atoms with van der Waals surface area (Å²) < 4.78 is 4.41. The summed E-state index contributed by atoms with van der Waals surface area (Å²) in [5.41, 5.74) is 5.47. The fourth-order valence-electron chi connectivity index (χ4n) is 1.30. The minimum absolute atomic E-state index is 0. The van der Waals surface area contributed by atoms with E-state index in [1.807, 2.05) is 0 Å². The van der Waals surface area contributed by atoms with E-state index in [-0.39, 0.29) is 31.0 Å². The number of aliphatic carboxylic acids is 1. The molecule has 0 aromatic rings. The number of carbonyl (C=O) groups is 4. The molecule has 0 saturated carbocycles. The fourth-order valence-corrected chi connectivity index (χ4v) is 1.56. The van der Waals surface area contributed by atoms with Crippen LogP contribution in [0.15, 0.2) is 0 Å².